The van der Waals surface area contributed by atoms with Crippen LogP contribution in [0.3, 0.4) is 0 Å². The molecule has 8 nitrogen and oxygen atoms in total. The van der Waals surface area contributed by atoms with E-state index in [-0.39, 0.29) is 5.69 Å². The molecule has 36 heavy (non-hydrogen) atoms. The van der Waals surface area contributed by atoms with Gasteiger partial charge in [-0.1, -0.05) is 69.7 Å². The molecular weight excluding hydrogens is 450 g/mol. The Bertz CT molecular complexity index is 1300. The number of nitrogens with zero attached hydrogens (tertiary/aromatic N) is 6. The van der Waals surface area contributed by atoms with Crippen LogP contribution in [0.2, 0.25) is 0 Å². The van der Waals surface area contributed by atoms with Crippen LogP contribution in [0.4, 0.5) is 0 Å². The number of aromatic amines is 1. The molecule has 3 aromatic heterocycles. The summed E-state index contributed by atoms with van der Waals surface area (Å²) in [6.45, 7) is 3.52. The highest BCUT2D eigenvalue weighted by Crippen LogP contribution is 2.28. The van der Waals surface area contributed by atoms with E-state index in [1.165, 1.54) is 32.1 Å². The summed E-state index contributed by atoms with van der Waals surface area (Å²) in [5.74, 6) is 1.33. The molecule has 8 heteroatoms. The van der Waals surface area contributed by atoms with E-state index in [1.54, 1.807) is 0 Å². The van der Waals surface area contributed by atoms with Crippen LogP contribution in [0.15, 0.2) is 53.7 Å². The van der Waals surface area contributed by atoms with Crippen molar-refractivity contribution in [2.45, 2.75) is 77.8 Å². The zero-order valence-electron chi connectivity index (χ0n) is 21.1. The molecule has 0 bridgehead atoms. The van der Waals surface area contributed by atoms with Crippen molar-refractivity contribution in [3.63, 3.8) is 0 Å². The number of H-pyrrole nitrogens is 1. The standard InChI is InChI=1S/C28H35N7O/c1-2-3-9-25-20-34(17-15-21-7-5-4-6-8-21)28(36)35(25)19-24-18-29-16-14-26(24)22-10-12-23(13-11-22)27-30-32-33-31-27/h10-14,16,18,20-21H,2-9,15,17,19H2,1H3,(H,30,31,32,33). The molecule has 5 rings (SSSR count). The number of hydrogen-bond acceptors (Lipinski definition) is 5. The van der Waals surface area contributed by atoms with Crippen LogP contribution in [-0.4, -0.2) is 34.7 Å². The van der Waals surface area contributed by atoms with E-state index in [0.717, 1.165) is 66.1 Å². The Morgan fingerprint density at radius 3 is 2.61 bits per heavy atom. The maximum Gasteiger partial charge on any atom is 0.328 e. The van der Waals surface area contributed by atoms with Crippen molar-refractivity contribution in [3.8, 4) is 22.5 Å². The molecule has 0 amide bonds. The normalized spacial score (nSPS) is 14.4. The number of hydrogen-bond donors (Lipinski definition) is 1. The molecule has 1 N–H and O–H groups in total. The van der Waals surface area contributed by atoms with Crippen LogP contribution >= 0.6 is 0 Å². The zero-order chi connectivity index (χ0) is 24.7. The van der Waals surface area contributed by atoms with Gasteiger partial charge in [-0.15, -0.1) is 10.2 Å². The van der Waals surface area contributed by atoms with Crippen molar-refractivity contribution in [1.29, 1.82) is 0 Å². The second-order valence-electron chi connectivity index (χ2n) is 9.92. The van der Waals surface area contributed by atoms with Gasteiger partial charge in [0.25, 0.3) is 0 Å². The summed E-state index contributed by atoms with van der Waals surface area (Å²) in [7, 11) is 0. The maximum absolute atomic E-state index is 13.5. The van der Waals surface area contributed by atoms with Gasteiger partial charge in [0.2, 0.25) is 5.82 Å². The number of pyridine rings is 1. The topological polar surface area (TPSA) is 94.3 Å². The summed E-state index contributed by atoms with van der Waals surface area (Å²) in [5, 5.41) is 14.2. The molecular formula is C28H35N7O. The number of tetrazole rings is 1. The minimum absolute atomic E-state index is 0.0965. The lowest BCUT2D eigenvalue weighted by Gasteiger charge is -2.21. The van der Waals surface area contributed by atoms with Gasteiger partial charge in [0.05, 0.1) is 6.54 Å². The Balaban J connectivity index is 1.40. The summed E-state index contributed by atoms with van der Waals surface area (Å²) in [5.41, 5.74) is 5.30. The van der Waals surface area contributed by atoms with Gasteiger partial charge in [0, 0.05) is 36.4 Å². The second-order valence-corrected chi connectivity index (χ2v) is 9.92. The van der Waals surface area contributed by atoms with Gasteiger partial charge in [-0.05, 0) is 53.2 Å². The quantitative estimate of drug-likeness (QED) is 0.331. The molecule has 1 aliphatic carbocycles. The van der Waals surface area contributed by atoms with Gasteiger partial charge in [-0.2, -0.15) is 5.21 Å². The third kappa shape index (κ3) is 5.48. The number of unbranched alkanes of at least 4 members (excludes halogenated alkanes) is 1. The lowest BCUT2D eigenvalue weighted by Crippen LogP contribution is -2.26. The Hall–Kier alpha value is -3.55. The molecule has 188 valence electrons. The monoisotopic (exact) mass is 485 g/mol. The van der Waals surface area contributed by atoms with Crippen LogP contribution in [0, 0.1) is 5.92 Å². The molecule has 1 fully saturated rings. The van der Waals surface area contributed by atoms with Crippen molar-refractivity contribution in [1.82, 2.24) is 34.7 Å². The highest BCUT2D eigenvalue weighted by molar-refractivity contribution is 5.69. The van der Waals surface area contributed by atoms with Gasteiger partial charge < -0.3 is 0 Å². The van der Waals surface area contributed by atoms with Gasteiger partial charge in [-0.3, -0.25) is 14.1 Å². The molecule has 1 aromatic carbocycles. The first kappa shape index (κ1) is 24.2. The average molecular weight is 486 g/mol. The molecule has 0 spiro atoms. The highest BCUT2D eigenvalue weighted by atomic mass is 16.1. The number of aryl methyl sites for hydroxylation is 2. The Kier molecular flexibility index (Phi) is 7.69. The van der Waals surface area contributed by atoms with Crippen molar-refractivity contribution in [3.05, 3.63) is 70.7 Å². The molecule has 4 aromatic rings. The number of imidazole rings is 1. The largest absolute Gasteiger partial charge is 0.328 e. The fourth-order valence-electron chi connectivity index (χ4n) is 5.36. The van der Waals surface area contributed by atoms with E-state index < -0.39 is 0 Å². The van der Waals surface area contributed by atoms with E-state index >= 15 is 0 Å². The summed E-state index contributed by atoms with van der Waals surface area (Å²) >= 11 is 0. The third-order valence-corrected chi connectivity index (χ3v) is 7.45. The number of aromatic nitrogens is 7. The highest BCUT2D eigenvalue weighted by Gasteiger charge is 2.17. The minimum Gasteiger partial charge on any atom is -0.299 e. The maximum atomic E-state index is 13.5. The van der Waals surface area contributed by atoms with Crippen LogP contribution in [-0.2, 0) is 19.5 Å². The molecule has 1 saturated carbocycles. The third-order valence-electron chi connectivity index (χ3n) is 7.45. The number of nitrogens with one attached hydrogen (secondary N) is 1. The molecule has 0 radical (unpaired) electrons. The van der Waals surface area contributed by atoms with Gasteiger partial charge >= 0.3 is 5.69 Å². The smallest absolute Gasteiger partial charge is 0.299 e. The summed E-state index contributed by atoms with van der Waals surface area (Å²) in [6, 6.07) is 10.1. The first-order chi connectivity index (χ1) is 17.7. The Labute approximate surface area is 211 Å². The fourth-order valence-corrected chi connectivity index (χ4v) is 5.36. The van der Waals surface area contributed by atoms with Crippen molar-refractivity contribution in [2.75, 3.05) is 0 Å². The van der Waals surface area contributed by atoms with Crippen LogP contribution < -0.4 is 5.69 Å². The van der Waals surface area contributed by atoms with Crippen LogP contribution in [0.25, 0.3) is 22.5 Å². The fraction of sp³-hybridized carbons (Fsp3) is 0.464. The lowest BCUT2D eigenvalue weighted by atomic mass is 9.87. The summed E-state index contributed by atoms with van der Waals surface area (Å²) < 4.78 is 3.92. The van der Waals surface area contributed by atoms with Gasteiger partial charge in [-0.25, -0.2) is 4.79 Å². The van der Waals surface area contributed by atoms with Gasteiger partial charge in [0.15, 0.2) is 0 Å². The SMILES string of the molecule is CCCCc1cn(CCC2CCCCC2)c(=O)n1Cc1cnccc1-c1ccc(-c2nn[nH]n2)cc1. The van der Waals surface area contributed by atoms with Gasteiger partial charge in [0.1, 0.15) is 0 Å². The Morgan fingerprint density at radius 2 is 1.86 bits per heavy atom. The zero-order valence-corrected chi connectivity index (χ0v) is 21.1. The number of rotatable bonds is 10. The summed E-state index contributed by atoms with van der Waals surface area (Å²) in [6.07, 6.45) is 16.6. The van der Waals surface area contributed by atoms with E-state index in [1.807, 2.05) is 39.7 Å². The molecule has 1 aliphatic rings. The average Bonchev–Trinajstić information content (AvgIpc) is 3.56. The lowest BCUT2D eigenvalue weighted by molar-refractivity contribution is 0.322. The van der Waals surface area contributed by atoms with Crippen molar-refractivity contribution in [2.24, 2.45) is 5.92 Å². The molecule has 0 unspecified atom stereocenters. The molecule has 3 heterocycles. The van der Waals surface area contributed by atoms with Crippen LogP contribution in [0.1, 0.15) is 69.5 Å². The van der Waals surface area contributed by atoms with E-state index in [9.17, 15) is 4.79 Å². The first-order valence-corrected chi connectivity index (χ1v) is 13.3. The minimum atomic E-state index is 0.0965. The second kappa shape index (κ2) is 11.5. The first-order valence-electron chi connectivity index (χ1n) is 13.3. The van der Waals surface area contributed by atoms with Crippen molar-refractivity contribution < 1.29 is 0 Å². The van der Waals surface area contributed by atoms with E-state index in [4.69, 9.17) is 0 Å². The molecule has 0 saturated heterocycles. The predicted octanol–water partition coefficient (Wildman–Crippen LogP) is 5.25. The number of benzene rings is 1. The van der Waals surface area contributed by atoms with E-state index in [0.29, 0.717) is 12.4 Å². The predicted molar refractivity (Wildman–Crippen MR) is 140 cm³/mol. The summed E-state index contributed by atoms with van der Waals surface area (Å²) in [4.78, 5) is 17.9. The van der Waals surface area contributed by atoms with E-state index in [2.05, 4.69) is 50.9 Å². The van der Waals surface area contributed by atoms with Crippen LogP contribution in [0.5, 0.6) is 0 Å². The Morgan fingerprint density at radius 1 is 1.06 bits per heavy atom. The molecule has 0 atom stereocenters. The van der Waals surface area contributed by atoms with Crippen molar-refractivity contribution >= 4 is 0 Å². The molecule has 0 aliphatic heterocycles.